The molecule has 2 heterocycles. The molecule has 0 atom stereocenters. The van der Waals surface area contributed by atoms with E-state index in [-0.39, 0.29) is 5.91 Å². The van der Waals surface area contributed by atoms with Crippen molar-refractivity contribution in [3.8, 4) is 5.69 Å². The van der Waals surface area contributed by atoms with Crippen LogP contribution in [0.3, 0.4) is 0 Å². The Morgan fingerprint density at radius 3 is 2.26 bits per heavy atom. The van der Waals surface area contributed by atoms with Crippen LogP contribution in [0.1, 0.15) is 67.7 Å². The number of amides is 1. The molecule has 0 saturated carbocycles. The van der Waals surface area contributed by atoms with Crippen LogP contribution >= 0.6 is 0 Å². The Morgan fingerprint density at radius 2 is 1.66 bits per heavy atom. The monoisotopic (exact) mass is 515 g/mol. The van der Waals surface area contributed by atoms with Gasteiger partial charge in [0.25, 0.3) is 5.91 Å². The minimum absolute atomic E-state index is 0.0920. The van der Waals surface area contributed by atoms with Crippen LogP contribution in [0.5, 0.6) is 0 Å². The van der Waals surface area contributed by atoms with Crippen LogP contribution in [0.25, 0.3) is 5.69 Å². The van der Waals surface area contributed by atoms with E-state index in [0.29, 0.717) is 19.0 Å². The highest BCUT2D eigenvalue weighted by atomic mass is 16.2. The van der Waals surface area contributed by atoms with E-state index in [4.69, 9.17) is 5.10 Å². The van der Waals surface area contributed by atoms with Crippen molar-refractivity contribution in [3.05, 3.63) is 77.0 Å². The van der Waals surface area contributed by atoms with E-state index in [1.54, 1.807) is 0 Å². The highest BCUT2D eigenvalue weighted by Gasteiger charge is 2.28. The van der Waals surface area contributed by atoms with Crippen LogP contribution in [-0.4, -0.2) is 64.8 Å². The number of carbonyl (C=O) groups is 1. The molecule has 204 valence electrons. The molecule has 0 spiro atoms. The summed E-state index contributed by atoms with van der Waals surface area (Å²) in [6, 6.07) is 18.6. The van der Waals surface area contributed by atoms with E-state index in [1.807, 2.05) is 23.1 Å². The number of anilines is 1. The summed E-state index contributed by atoms with van der Waals surface area (Å²) >= 11 is 0. The van der Waals surface area contributed by atoms with Crippen molar-refractivity contribution < 1.29 is 4.79 Å². The Bertz CT molecular complexity index is 1160. The molecule has 3 aromatic rings. The van der Waals surface area contributed by atoms with Crippen molar-refractivity contribution in [2.75, 3.05) is 44.2 Å². The highest BCUT2D eigenvalue weighted by Crippen LogP contribution is 2.30. The van der Waals surface area contributed by atoms with Gasteiger partial charge in [-0.3, -0.25) is 4.79 Å². The SMILES string of the molecule is CCCCc1ccc(C(=O)N(Cc2c(C)nn(-c3ccccc3)c2N2CCN(CC)CC2)CC(C)C)cc1. The summed E-state index contributed by atoms with van der Waals surface area (Å²) in [5.41, 5.74) is 5.24. The Hall–Kier alpha value is -3.12. The Balaban J connectivity index is 1.67. The lowest BCUT2D eigenvalue weighted by Crippen LogP contribution is -2.47. The molecule has 38 heavy (non-hydrogen) atoms. The van der Waals surface area contributed by atoms with Crippen molar-refractivity contribution in [2.24, 2.45) is 5.92 Å². The normalized spacial score (nSPS) is 14.3. The summed E-state index contributed by atoms with van der Waals surface area (Å²) < 4.78 is 2.09. The van der Waals surface area contributed by atoms with E-state index in [9.17, 15) is 4.79 Å². The predicted octanol–water partition coefficient (Wildman–Crippen LogP) is 5.96. The van der Waals surface area contributed by atoms with Gasteiger partial charge in [-0.2, -0.15) is 5.10 Å². The molecule has 1 fully saturated rings. The molecule has 0 unspecified atom stereocenters. The number of hydrogen-bond acceptors (Lipinski definition) is 4. The lowest BCUT2D eigenvalue weighted by molar-refractivity contribution is 0.0722. The smallest absolute Gasteiger partial charge is 0.254 e. The summed E-state index contributed by atoms with van der Waals surface area (Å²) in [4.78, 5) is 20.8. The molecule has 2 aromatic carbocycles. The third-order valence-electron chi connectivity index (χ3n) is 7.52. The average molecular weight is 516 g/mol. The lowest BCUT2D eigenvalue weighted by atomic mass is 10.0. The number of nitrogens with zero attached hydrogens (tertiary/aromatic N) is 5. The van der Waals surface area contributed by atoms with Crippen molar-refractivity contribution in [3.63, 3.8) is 0 Å². The predicted molar refractivity (Wildman–Crippen MR) is 157 cm³/mol. The quantitative estimate of drug-likeness (QED) is 0.316. The maximum Gasteiger partial charge on any atom is 0.254 e. The first kappa shape index (κ1) is 27.9. The summed E-state index contributed by atoms with van der Waals surface area (Å²) in [7, 11) is 0. The maximum absolute atomic E-state index is 13.8. The fraction of sp³-hybridized carbons (Fsp3) is 0.500. The average Bonchev–Trinajstić information content (AvgIpc) is 3.27. The molecule has 1 saturated heterocycles. The van der Waals surface area contributed by atoms with E-state index < -0.39 is 0 Å². The first-order valence-electron chi connectivity index (χ1n) is 14.4. The topological polar surface area (TPSA) is 44.6 Å². The fourth-order valence-corrected chi connectivity index (χ4v) is 5.31. The number of aryl methyl sites for hydroxylation is 2. The second kappa shape index (κ2) is 13.1. The van der Waals surface area contributed by atoms with E-state index in [0.717, 1.165) is 67.5 Å². The van der Waals surface area contributed by atoms with Crippen LogP contribution in [-0.2, 0) is 13.0 Å². The highest BCUT2D eigenvalue weighted by molar-refractivity contribution is 5.94. The molecule has 4 rings (SSSR count). The summed E-state index contributed by atoms with van der Waals surface area (Å²) in [6.07, 6.45) is 3.41. The minimum atomic E-state index is 0.0920. The molecule has 6 nitrogen and oxygen atoms in total. The number of benzene rings is 2. The molecule has 1 aromatic heterocycles. The molecular formula is C32H45N5O. The molecule has 1 aliphatic heterocycles. The van der Waals surface area contributed by atoms with Crippen molar-refractivity contribution in [1.82, 2.24) is 19.6 Å². The van der Waals surface area contributed by atoms with Gasteiger partial charge in [-0.15, -0.1) is 0 Å². The molecule has 1 aliphatic rings. The Labute approximate surface area is 229 Å². The van der Waals surface area contributed by atoms with Gasteiger partial charge in [0.1, 0.15) is 5.82 Å². The van der Waals surface area contributed by atoms with E-state index >= 15 is 0 Å². The molecule has 0 aliphatic carbocycles. The van der Waals surface area contributed by atoms with Crippen LogP contribution in [0.4, 0.5) is 5.82 Å². The summed E-state index contributed by atoms with van der Waals surface area (Å²) in [5, 5.41) is 5.02. The molecular weight excluding hydrogens is 470 g/mol. The standard InChI is InChI=1S/C32H45N5O/c1-6-8-12-27-15-17-28(18-16-27)32(38)36(23-25(3)4)24-30-26(5)33-37(29-13-10-9-11-14-29)31(30)35-21-19-34(7-2)20-22-35/h9-11,13-18,25H,6-8,12,19-24H2,1-5H3. The fourth-order valence-electron chi connectivity index (χ4n) is 5.31. The van der Waals surface area contributed by atoms with Gasteiger partial charge in [0.05, 0.1) is 17.9 Å². The first-order chi connectivity index (χ1) is 18.4. The number of hydrogen-bond donors (Lipinski definition) is 0. The van der Waals surface area contributed by atoms with Crippen LogP contribution in [0, 0.1) is 12.8 Å². The van der Waals surface area contributed by atoms with Crippen LogP contribution in [0.15, 0.2) is 54.6 Å². The van der Waals surface area contributed by atoms with E-state index in [2.05, 4.69) is 85.5 Å². The van der Waals surface area contributed by atoms with Gasteiger partial charge in [0.15, 0.2) is 0 Å². The first-order valence-corrected chi connectivity index (χ1v) is 14.4. The van der Waals surface area contributed by atoms with Gasteiger partial charge in [-0.05, 0) is 62.1 Å². The zero-order valence-electron chi connectivity index (χ0n) is 24.0. The van der Waals surface area contributed by atoms with Crippen molar-refractivity contribution in [2.45, 2.75) is 60.4 Å². The maximum atomic E-state index is 13.8. The Morgan fingerprint density at radius 1 is 0.974 bits per heavy atom. The van der Waals surface area contributed by atoms with Gasteiger partial charge >= 0.3 is 0 Å². The lowest BCUT2D eigenvalue weighted by Gasteiger charge is -2.36. The van der Waals surface area contributed by atoms with Crippen LogP contribution < -0.4 is 4.90 Å². The van der Waals surface area contributed by atoms with Crippen molar-refractivity contribution >= 4 is 11.7 Å². The number of rotatable bonds is 11. The number of carbonyl (C=O) groups excluding carboxylic acids is 1. The Kier molecular flexibility index (Phi) is 9.62. The number of likely N-dealkylation sites (N-methyl/N-ethyl adjacent to an activating group) is 1. The zero-order valence-corrected chi connectivity index (χ0v) is 24.0. The van der Waals surface area contributed by atoms with Gasteiger partial charge in [0.2, 0.25) is 0 Å². The number of para-hydroxylation sites is 1. The largest absolute Gasteiger partial charge is 0.354 e. The molecule has 0 bridgehead atoms. The molecule has 6 heteroatoms. The number of unbranched alkanes of at least 4 members (excludes halogenated alkanes) is 1. The second-order valence-corrected chi connectivity index (χ2v) is 10.9. The molecule has 0 N–H and O–H groups in total. The molecule has 1 amide bonds. The third kappa shape index (κ3) is 6.65. The molecule has 0 radical (unpaired) electrons. The van der Waals surface area contributed by atoms with Gasteiger partial charge in [-0.1, -0.05) is 64.4 Å². The van der Waals surface area contributed by atoms with Crippen molar-refractivity contribution in [1.29, 1.82) is 0 Å². The zero-order chi connectivity index (χ0) is 27.1. The third-order valence-corrected chi connectivity index (χ3v) is 7.52. The van der Waals surface area contributed by atoms with Crippen LogP contribution in [0.2, 0.25) is 0 Å². The second-order valence-electron chi connectivity index (χ2n) is 10.9. The number of aromatic nitrogens is 2. The van der Waals surface area contributed by atoms with E-state index in [1.165, 1.54) is 18.4 Å². The number of piperazine rings is 1. The summed E-state index contributed by atoms with van der Waals surface area (Å²) in [5.74, 6) is 1.58. The van der Waals surface area contributed by atoms with Gasteiger partial charge in [0, 0.05) is 43.9 Å². The summed E-state index contributed by atoms with van der Waals surface area (Å²) in [6.45, 7) is 17.2. The van der Waals surface area contributed by atoms with Gasteiger partial charge in [-0.25, -0.2) is 4.68 Å². The minimum Gasteiger partial charge on any atom is -0.354 e. The van der Waals surface area contributed by atoms with Gasteiger partial charge < -0.3 is 14.7 Å².